The lowest BCUT2D eigenvalue weighted by Crippen LogP contribution is -2.41. The first-order valence-corrected chi connectivity index (χ1v) is 7.31. The van der Waals surface area contributed by atoms with Gasteiger partial charge in [0.05, 0.1) is 11.2 Å². The van der Waals surface area contributed by atoms with Gasteiger partial charge in [-0.2, -0.15) is 0 Å². The van der Waals surface area contributed by atoms with E-state index in [1.54, 1.807) is 0 Å². The number of ether oxygens (including phenoxy) is 4. The molecule has 0 atom stereocenters. The van der Waals surface area contributed by atoms with Crippen molar-refractivity contribution in [2.24, 2.45) is 5.92 Å². The van der Waals surface area contributed by atoms with Crippen LogP contribution >= 0.6 is 0 Å². The van der Waals surface area contributed by atoms with E-state index in [1.165, 1.54) is 12.8 Å². The van der Waals surface area contributed by atoms with Crippen LogP contribution in [0.5, 0.6) is 0 Å². The second-order valence-corrected chi connectivity index (χ2v) is 6.36. The Morgan fingerprint density at radius 3 is 1.50 bits per heavy atom. The van der Waals surface area contributed by atoms with Gasteiger partial charge in [0.15, 0.2) is 6.29 Å². The molecule has 4 nitrogen and oxygen atoms in total. The van der Waals surface area contributed by atoms with E-state index in [2.05, 4.69) is 0 Å². The summed E-state index contributed by atoms with van der Waals surface area (Å²) < 4.78 is 23.5. The van der Waals surface area contributed by atoms with Crippen molar-refractivity contribution >= 4 is 0 Å². The second kappa shape index (κ2) is 4.17. The minimum Gasteiger partial charge on any atom is -0.381 e. The van der Waals surface area contributed by atoms with Crippen molar-refractivity contribution in [3.63, 3.8) is 0 Å². The van der Waals surface area contributed by atoms with E-state index in [0.717, 1.165) is 52.1 Å². The lowest BCUT2D eigenvalue weighted by molar-refractivity contribution is -0.226. The fourth-order valence-corrected chi connectivity index (χ4v) is 4.16. The molecule has 0 aromatic carbocycles. The van der Waals surface area contributed by atoms with E-state index in [4.69, 9.17) is 18.9 Å². The highest BCUT2D eigenvalue weighted by Gasteiger charge is 2.56. The summed E-state index contributed by atoms with van der Waals surface area (Å²) in [4.78, 5) is 0. The smallest absolute Gasteiger partial charge is 0.162 e. The third-order valence-electron chi connectivity index (χ3n) is 5.19. The second-order valence-electron chi connectivity index (χ2n) is 6.36. The Balaban J connectivity index is 1.45. The molecule has 18 heavy (non-hydrogen) atoms. The lowest BCUT2D eigenvalue weighted by Gasteiger charge is -2.37. The first-order valence-electron chi connectivity index (χ1n) is 7.31. The lowest BCUT2D eigenvalue weighted by atomic mass is 9.81. The maximum atomic E-state index is 6.30. The van der Waals surface area contributed by atoms with Crippen molar-refractivity contribution < 1.29 is 18.9 Å². The van der Waals surface area contributed by atoms with Crippen LogP contribution in [0.1, 0.15) is 38.5 Å². The Kier molecular flexibility index (Phi) is 2.70. The van der Waals surface area contributed by atoms with Crippen molar-refractivity contribution in [2.75, 3.05) is 26.4 Å². The molecule has 4 heteroatoms. The van der Waals surface area contributed by atoms with E-state index in [0.29, 0.717) is 5.92 Å². The molecule has 4 heterocycles. The third-order valence-corrected chi connectivity index (χ3v) is 5.19. The van der Waals surface area contributed by atoms with Gasteiger partial charge in [0.2, 0.25) is 0 Å². The van der Waals surface area contributed by atoms with E-state index in [9.17, 15) is 0 Å². The van der Waals surface area contributed by atoms with Crippen LogP contribution in [-0.4, -0.2) is 43.9 Å². The molecule has 4 fully saturated rings. The Morgan fingerprint density at radius 1 is 0.667 bits per heavy atom. The van der Waals surface area contributed by atoms with E-state index < -0.39 is 0 Å². The van der Waals surface area contributed by atoms with Gasteiger partial charge in [0, 0.05) is 32.3 Å². The van der Waals surface area contributed by atoms with Crippen LogP contribution in [0.3, 0.4) is 0 Å². The monoisotopic (exact) mass is 254 g/mol. The van der Waals surface area contributed by atoms with Crippen molar-refractivity contribution in [1.82, 2.24) is 0 Å². The van der Waals surface area contributed by atoms with Crippen molar-refractivity contribution in [3.8, 4) is 0 Å². The Hall–Kier alpha value is -0.160. The fourth-order valence-electron chi connectivity index (χ4n) is 4.16. The SMILES string of the molecule is C1CC2(CCO1)CC1CC3(CCOCC3)OC1O2. The largest absolute Gasteiger partial charge is 0.381 e. The zero-order chi connectivity index (χ0) is 12.1. The zero-order valence-electron chi connectivity index (χ0n) is 10.9. The summed E-state index contributed by atoms with van der Waals surface area (Å²) in [7, 11) is 0. The molecule has 4 saturated heterocycles. The van der Waals surface area contributed by atoms with Crippen LogP contribution in [0.15, 0.2) is 0 Å². The molecule has 102 valence electrons. The summed E-state index contributed by atoms with van der Waals surface area (Å²) in [6, 6.07) is 0. The number of rotatable bonds is 0. The molecule has 4 rings (SSSR count). The van der Waals surface area contributed by atoms with Crippen LogP contribution in [0.25, 0.3) is 0 Å². The molecule has 0 aromatic heterocycles. The van der Waals surface area contributed by atoms with Crippen molar-refractivity contribution in [1.29, 1.82) is 0 Å². The van der Waals surface area contributed by atoms with Gasteiger partial charge >= 0.3 is 0 Å². The predicted molar refractivity (Wildman–Crippen MR) is 64.3 cm³/mol. The van der Waals surface area contributed by atoms with Gasteiger partial charge in [-0.1, -0.05) is 0 Å². The van der Waals surface area contributed by atoms with Crippen LogP contribution in [0.2, 0.25) is 0 Å². The Labute approximate surface area is 108 Å². The Bertz CT molecular complexity index is 270. The molecule has 4 aliphatic heterocycles. The van der Waals surface area contributed by atoms with E-state index in [1.807, 2.05) is 0 Å². The molecule has 0 bridgehead atoms. The summed E-state index contributed by atoms with van der Waals surface area (Å²) >= 11 is 0. The predicted octanol–water partition coefficient (Wildman–Crippen LogP) is 1.87. The summed E-state index contributed by atoms with van der Waals surface area (Å²) in [6.45, 7) is 3.38. The van der Waals surface area contributed by atoms with Crippen LogP contribution in [0, 0.1) is 5.92 Å². The summed E-state index contributed by atoms with van der Waals surface area (Å²) in [5.74, 6) is 0.598. The first kappa shape index (κ1) is 11.6. The third kappa shape index (κ3) is 1.82. The molecular weight excluding hydrogens is 232 g/mol. The topological polar surface area (TPSA) is 36.9 Å². The average Bonchev–Trinajstić information content (AvgIpc) is 2.83. The maximum Gasteiger partial charge on any atom is 0.162 e. The van der Waals surface area contributed by atoms with E-state index >= 15 is 0 Å². The van der Waals surface area contributed by atoms with Gasteiger partial charge < -0.3 is 18.9 Å². The highest BCUT2D eigenvalue weighted by molar-refractivity contribution is 5.01. The fraction of sp³-hybridized carbons (Fsp3) is 1.00. The van der Waals surface area contributed by atoms with Crippen LogP contribution in [-0.2, 0) is 18.9 Å². The molecule has 2 spiro atoms. The van der Waals surface area contributed by atoms with E-state index in [-0.39, 0.29) is 17.5 Å². The molecule has 0 unspecified atom stereocenters. The van der Waals surface area contributed by atoms with Gasteiger partial charge in [-0.15, -0.1) is 0 Å². The van der Waals surface area contributed by atoms with Crippen LogP contribution in [0.4, 0.5) is 0 Å². The van der Waals surface area contributed by atoms with Gasteiger partial charge in [-0.3, -0.25) is 0 Å². The quantitative estimate of drug-likeness (QED) is 0.661. The van der Waals surface area contributed by atoms with Crippen molar-refractivity contribution in [3.05, 3.63) is 0 Å². The maximum absolute atomic E-state index is 6.30. The summed E-state index contributed by atoms with van der Waals surface area (Å²) in [5, 5.41) is 0. The van der Waals surface area contributed by atoms with Gasteiger partial charge in [0.25, 0.3) is 0 Å². The number of fused-ring (bicyclic) bond motifs is 1. The van der Waals surface area contributed by atoms with Crippen molar-refractivity contribution in [2.45, 2.75) is 56.0 Å². The summed E-state index contributed by atoms with van der Waals surface area (Å²) in [5.41, 5.74) is 0.140. The van der Waals surface area contributed by atoms with Gasteiger partial charge in [-0.05, 0) is 38.5 Å². The molecule has 0 radical (unpaired) electrons. The minimum atomic E-state index is 0.0428. The first-order chi connectivity index (χ1) is 8.79. The molecule has 0 saturated carbocycles. The molecule has 0 aromatic rings. The molecular formula is C14H22O4. The summed E-state index contributed by atoms with van der Waals surface area (Å²) in [6.07, 6.45) is 6.55. The standard InChI is InChI=1S/C14H22O4/c1-5-15-6-2-13(1)9-11-10-14(18-12(11)17-13)3-7-16-8-4-14/h11-12H,1-10H2. The van der Waals surface area contributed by atoms with Crippen LogP contribution < -0.4 is 0 Å². The minimum absolute atomic E-state index is 0.0428. The normalized spacial score (nSPS) is 41.3. The zero-order valence-corrected chi connectivity index (χ0v) is 10.9. The highest BCUT2D eigenvalue weighted by Crippen LogP contribution is 2.52. The van der Waals surface area contributed by atoms with Gasteiger partial charge in [0.1, 0.15) is 0 Å². The Morgan fingerprint density at radius 2 is 1.11 bits per heavy atom. The molecule has 4 aliphatic rings. The highest BCUT2D eigenvalue weighted by atomic mass is 16.7. The number of hydrogen-bond donors (Lipinski definition) is 0. The molecule has 0 amide bonds. The molecule has 0 N–H and O–H groups in total. The average molecular weight is 254 g/mol. The molecule has 0 aliphatic carbocycles. The number of hydrogen-bond acceptors (Lipinski definition) is 4. The van der Waals surface area contributed by atoms with Gasteiger partial charge in [-0.25, -0.2) is 0 Å².